The number of carbonyl (C=O) groups is 2. The molecule has 0 aliphatic carbocycles. The first kappa shape index (κ1) is 19.9. The molecule has 3 aromatic rings. The number of hydrogen-bond acceptors (Lipinski definition) is 2. The number of fused-ring (bicyclic) bond motifs is 1. The summed E-state index contributed by atoms with van der Waals surface area (Å²) >= 11 is 6.00. The van der Waals surface area contributed by atoms with Crippen LogP contribution < -0.4 is 5.32 Å². The second kappa shape index (κ2) is 8.89. The molecule has 144 valence electrons. The summed E-state index contributed by atoms with van der Waals surface area (Å²) in [6, 6.07) is 20.7. The van der Waals surface area contributed by atoms with Gasteiger partial charge in [-0.1, -0.05) is 66.2 Å². The largest absolute Gasteiger partial charge is 0.344 e. The average Bonchev–Trinajstić information content (AvgIpc) is 2.67. The number of likely N-dealkylation sites (N-methyl/N-ethyl adjacent to an activating group) is 1. The van der Waals surface area contributed by atoms with Gasteiger partial charge in [-0.25, -0.2) is 0 Å². The number of carbonyl (C=O) groups excluding carboxylic acids is 2. The van der Waals surface area contributed by atoms with Gasteiger partial charge >= 0.3 is 0 Å². The van der Waals surface area contributed by atoms with Crippen molar-refractivity contribution < 1.29 is 9.59 Å². The summed E-state index contributed by atoms with van der Waals surface area (Å²) in [5.41, 5.74) is 1.89. The van der Waals surface area contributed by atoms with Gasteiger partial charge in [0.25, 0.3) is 0 Å². The van der Waals surface area contributed by atoms with E-state index >= 15 is 0 Å². The van der Waals surface area contributed by atoms with E-state index in [1.165, 1.54) is 0 Å². The van der Waals surface area contributed by atoms with Crippen LogP contribution in [0.2, 0.25) is 5.02 Å². The number of rotatable bonds is 6. The predicted molar refractivity (Wildman–Crippen MR) is 113 cm³/mol. The van der Waals surface area contributed by atoms with Crippen LogP contribution in [0.5, 0.6) is 0 Å². The number of amides is 2. The zero-order valence-electron chi connectivity index (χ0n) is 16.0. The van der Waals surface area contributed by atoms with Gasteiger partial charge in [0.05, 0.1) is 6.42 Å². The lowest BCUT2D eigenvalue weighted by atomic mass is 10.0. The maximum atomic E-state index is 12.6. The zero-order valence-corrected chi connectivity index (χ0v) is 16.7. The second-order valence-corrected chi connectivity index (χ2v) is 7.36. The highest BCUT2D eigenvalue weighted by atomic mass is 35.5. The Bertz CT molecular complexity index is 997. The fourth-order valence-electron chi connectivity index (χ4n) is 3.29. The van der Waals surface area contributed by atoms with Gasteiger partial charge in [0, 0.05) is 18.6 Å². The maximum absolute atomic E-state index is 12.6. The van der Waals surface area contributed by atoms with Crippen molar-refractivity contribution in [2.45, 2.75) is 25.9 Å². The Morgan fingerprint density at radius 3 is 2.54 bits per heavy atom. The number of nitrogens with one attached hydrogen (secondary N) is 1. The molecule has 0 radical (unpaired) electrons. The summed E-state index contributed by atoms with van der Waals surface area (Å²) in [4.78, 5) is 26.7. The second-order valence-electron chi connectivity index (χ2n) is 6.93. The molecule has 0 saturated heterocycles. The molecule has 0 saturated carbocycles. The Morgan fingerprint density at radius 2 is 1.75 bits per heavy atom. The van der Waals surface area contributed by atoms with E-state index in [4.69, 9.17) is 11.6 Å². The zero-order chi connectivity index (χ0) is 20.1. The van der Waals surface area contributed by atoms with Crippen molar-refractivity contribution in [3.05, 3.63) is 82.9 Å². The Kier molecular flexibility index (Phi) is 6.32. The van der Waals surface area contributed by atoms with Crippen LogP contribution in [0.15, 0.2) is 66.7 Å². The molecule has 1 N–H and O–H groups in total. The Balaban J connectivity index is 1.60. The van der Waals surface area contributed by atoms with Gasteiger partial charge < -0.3 is 10.2 Å². The lowest BCUT2D eigenvalue weighted by molar-refractivity contribution is -0.135. The highest BCUT2D eigenvalue weighted by Crippen LogP contribution is 2.19. The molecule has 0 aromatic heterocycles. The summed E-state index contributed by atoms with van der Waals surface area (Å²) in [5, 5.41) is 5.60. The predicted octanol–water partition coefficient (Wildman–Crippen LogP) is 4.20. The van der Waals surface area contributed by atoms with Crippen LogP contribution in [0.1, 0.15) is 18.1 Å². The Morgan fingerprint density at radius 1 is 1.04 bits per heavy atom. The molecule has 0 bridgehead atoms. The van der Waals surface area contributed by atoms with E-state index in [0.29, 0.717) is 11.6 Å². The molecular weight excluding hydrogens is 372 g/mol. The Labute approximate surface area is 170 Å². The molecule has 3 aromatic carbocycles. The van der Waals surface area contributed by atoms with Crippen LogP contribution in [0.4, 0.5) is 0 Å². The van der Waals surface area contributed by atoms with E-state index in [2.05, 4.69) is 5.32 Å². The van der Waals surface area contributed by atoms with Crippen molar-refractivity contribution in [2.24, 2.45) is 0 Å². The molecule has 0 heterocycles. The van der Waals surface area contributed by atoms with Crippen LogP contribution in [-0.2, 0) is 22.6 Å². The first-order valence-corrected chi connectivity index (χ1v) is 9.57. The summed E-state index contributed by atoms with van der Waals surface area (Å²) in [6.45, 7) is 2.14. The molecule has 4 nitrogen and oxygen atoms in total. The molecular formula is C23H23ClN2O2. The molecule has 2 amide bonds. The third-order valence-corrected chi connectivity index (χ3v) is 4.90. The topological polar surface area (TPSA) is 49.4 Å². The molecule has 28 heavy (non-hydrogen) atoms. The van der Waals surface area contributed by atoms with Gasteiger partial charge in [0.2, 0.25) is 11.8 Å². The van der Waals surface area contributed by atoms with E-state index in [-0.39, 0.29) is 18.2 Å². The number of halogens is 1. The number of nitrogens with zero attached hydrogens (tertiary/aromatic N) is 1. The highest BCUT2D eigenvalue weighted by molar-refractivity contribution is 6.30. The van der Waals surface area contributed by atoms with E-state index in [1.807, 2.05) is 60.7 Å². The summed E-state index contributed by atoms with van der Waals surface area (Å²) < 4.78 is 0. The van der Waals surface area contributed by atoms with E-state index < -0.39 is 6.04 Å². The summed E-state index contributed by atoms with van der Waals surface area (Å²) in [5.74, 6) is -0.320. The van der Waals surface area contributed by atoms with Crippen molar-refractivity contribution >= 4 is 34.2 Å². The third kappa shape index (κ3) is 4.90. The van der Waals surface area contributed by atoms with E-state index in [0.717, 1.165) is 21.9 Å². The fourth-order valence-corrected chi connectivity index (χ4v) is 3.50. The smallest absolute Gasteiger partial charge is 0.244 e. The van der Waals surface area contributed by atoms with Gasteiger partial charge in [-0.3, -0.25) is 9.59 Å². The molecule has 0 aliphatic heterocycles. The number of hydrogen-bond donors (Lipinski definition) is 1. The van der Waals surface area contributed by atoms with Gasteiger partial charge in [0.15, 0.2) is 0 Å². The quantitative estimate of drug-likeness (QED) is 0.681. The Hall–Kier alpha value is -2.85. The maximum Gasteiger partial charge on any atom is 0.244 e. The van der Waals surface area contributed by atoms with E-state index in [9.17, 15) is 9.59 Å². The molecule has 0 spiro atoms. The van der Waals surface area contributed by atoms with Crippen LogP contribution in [-0.4, -0.2) is 29.8 Å². The minimum absolute atomic E-state index is 0.147. The lowest BCUT2D eigenvalue weighted by Crippen LogP contribution is -2.45. The molecule has 3 rings (SSSR count). The monoisotopic (exact) mass is 394 g/mol. The van der Waals surface area contributed by atoms with Crippen LogP contribution >= 0.6 is 11.6 Å². The van der Waals surface area contributed by atoms with Crippen LogP contribution in [0.3, 0.4) is 0 Å². The first-order valence-electron chi connectivity index (χ1n) is 9.19. The lowest BCUT2D eigenvalue weighted by Gasteiger charge is -2.22. The van der Waals surface area contributed by atoms with E-state index in [1.54, 1.807) is 24.9 Å². The summed E-state index contributed by atoms with van der Waals surface area (Å²) in [6.07, 6.45) is 0.233. The third-order valence-electron chi connectivity index (χ3n) is 4.66. The highest BCUT2D eigenvalue weighted by Gasteiger charge is 2.20. The fraction of sp³-hybridized carbons (Fsp3) is 0.217. The van der Waals surface area contributed by atoms with Crippen molar-refractivity contribution in [3.8, 4) is 0 Å². The molecule has 0 unspecified atom stereocenters. The van der Waals surface area contributed by atoms with Crippen molar-refractivity contribution in [1.82, 2.24) is 10.2 Å². The van der Waals surface area contributed by atoms with Gasteiger partial charge in [-0.15, -0.1) is 0 Å². The normalized spacial score (nSPS) is 11.8. The van der Waals surface area contributed by atoms with Crippen molar-refractivity contribution in [2.75, 3.05) is 7.05 Å². The number of benzene rings is 3. The minimum atomic E-state index is -0.605. The van der Waals surface area contributed by atoms with Gasteiger partial charge in [0.1, 0.15) is 6.04 Å². The van der Waals surface area contributed by atoms with Crippen molar-refractivity contribution in [1.29, 1.82) is 0 Å². The molecule has 5 heteroatoms. The standard InChI is InChI=1S/C23H23ClN2O2/c1-16(23(28)26(2)15-17-7-5-11-20(24)13-17)25-22(27)14-19-10-6-9-18-8-3-4-12-21(18)19/h3-13,16H,14-15H2,1-2H3,(H,25,27)/t16-/m0/s1. The molecule has 0 fully saturated rings. The first-order chi connectivity index (χ1) is 13.4. The minimum Gasteiger partial charge on any atom is -0.344 e. The SMILES string of the molecule is C[C@H](NC(=O)Cc1cccc2ccccc12)C(=O)N(C)Cc1cccc(Cl)c1. The molecule has 0 aliphatic rings. The van der Waals surface area contributed by atoms with Crippen molar-refractivity contribution in [3.63, 3.8) is 0 Å². The molecule has 1 atom stereocenters. The average molecular weight is 395 g/mol. The van der Waals surface area contributed by atoms with Crippen LogP contribution in [0.25, 0.3) is 10.8 Å². The summed E-state index contributed by atoms with van der Waals surface area (Å²) in [7, 11) is 1.72. The van der Waals surface area contributed by atoms with Gasteiger partial charge in [-0.2, -0.15) is 0 Å². The van der Waals surface area contributed by atoms with Gasteiger partial charge in [-0.05, 0) is 41.0 Å². The van der Waals surface area contributed by atoms with Crippen LogP contribution in [0, 0.1) is 0 Å².